The van der Waals surface area contributed by atoms with Crippen molar-refractivity contribution >= 4 is 33.2 Å². The summed E-state index contributed by atoms with van der Waals surface area (Å²) in [5.74, 6) is 0. The Kier molecular flexibility index (Phi) is 4.87. The predicted molar refractivity (Wildman–Crippen MR) is 78.4 cm³/mol. The lowest BCUT2D eigenvalue weighted by molar-refractivity contribution is 0.334. The summed E-state index contributed by atoms with van der Waals surface area (Å²) < 4.78 is 14.7. The first kappa shape index (κ1) is 14.1. The van der Waals surface area contributed by atoms with E-state index in [1.165, 1.54) is 0 Å². The lowest BCUT2D eigenvalue weighted by atomic mass is 10.1. The Morgan fingerprint density at radius 3 is 2.72 bits per heavy atom. The van der Waals surface area contributed by atoms with E-state index in [4.69, 9.17) is 11.6 Å². The molecule has 0 bridgehead atoms. The number of hydrogen-bond donors (Lipinski definition) is 1. The van der Waals surface area contributed by atoms with Gasteiger partial charge in [0.25, 0.3) is 0 Å². The number of nitrogens with one attached hydrogen (secondary N) is 1. The highest BCUT2D eigenvalue weighted by Gasteiger charge is 2.18. The van der Waals surface area contributed by atoms with Crippen molar-refractivity contribution in [1.29, 1.82) is 0 Å². The molecule has 1 fully saturated rings. The lowest BCUT2D eigenvalue weighted by Crippen LogP contribution is -2.43. The number of benzene rings is 1. The minimum absolute atomic E-state index is 0.442. The molecular weight excluding hydrogens is 319 g/mol. The van der Waals surface area contributed by atoms with Gasteiger partial charge in [0, 0.05) is 41.9 Å². The van der Waals surface area contributed by atoms with Crippen LogP contribution in [0.15, 0.2) is 16.6 Å². The van der Waals surface area contributed by atoms with Crippen molar-refractivity contribution in [2.45, 2.75) is 19.5 Å². The highest BCUT2D eigenvalue weighted by molar-refractivity contribution is 9.10. The Labute approximate surface area is 121 Å². The standard InChI is InChI=1S/C13H17BrClFN2/c1-2-12(16)10-7-9(8-11(14)13(10)15)18-5-3-17-4-6-18/h7-8,12,17H,2-6H2,1H3. The van der Waals surface area contributed by atoms with Crippen LogP contribution in [-0.4, -0.2) is 26.2 Å². The number of alkyl halides is 1. The molecule has 1 aromatic rings. The molecule has 0 saturated carbocycles. The SMILES string of the molecule is CCC(F)c1cc(N2CCNCC2)cc(Br)c1Cl. The summed E-state index contributed by atoms with van der Waals surface area (Å²) in [6.45, 7) is 5.63. The van der Waals surface area contributed by atoms with Gasteiger partial charge in [-0.1, -0.05) is 18.5 Å². The second-order valence-electron chi connectivity index (χ2n) is 4.44. The molecule has 0 spiro atoms. The Bertz CT molecular complexity index is 422. The molecule has 1 aromatic carbocycles. The molecule has 5 heteroatoms. The van der Waals surface area contributed by atoms with Gasteiger partial charge in [-0.2, -0.15) is 0 Å². The average molecular weight is 336 g/mol. The van der Waals surface area contributed by atoms with Crippen LogP contribution in [0.4, 0.5) is 10.1 Å². The average Bonchev–Trinajstić information content (AvgIpc) is 2.41. The van der Waals surface area contributed by atoms with Crippen LogP contribution in [0.25, 0.3) is 0 Å². The quantitative estimate of drug-likeness (QED) is 0.900. The molecule has 1 heterocycles. The number of piperazine rings is 1. The van der Waals surface area contributed by atoms with Crippen LogP contribution in [-0.2, 0) is 0 Å². The summed E-state index contributed by atoms with van der Waals surface area (Å²) >= 11 is 9.58. The topological polar surface area (TPSA) is 15.3 Å². The van der Waals surface area contributed by atoms with E-state index >= 15 is 0 Å². The Balaban J connectivity index is 2.33. The van der Waals surface area contributed by atoms with E-state index in [-0.39, 0.29) is 0 Å². The summed E-state index contributed by atoms with van der Waals surface area (Å²) in [4.78, 5) is 2.25. The molecule has 2 nitrogen and oxygen atoms in total. The van der Waals surface area contributed by atoms with Gasteiger partial charge in [0.05, 0.1) is 5.02 Å². The first-order valence-electron chi connectivity index (χ1n) is 6.22. The van der Waals surface area contributed by atoms with Gasteiger partial charge in [-0.25, -0.2) is 4.39 Å². The molecule has 18 heavy (non-hydrogen) atoms. The predicted octanol–water partition coefficient (Wildman–Crippen LogP) is 3.93. The third-order valence-corrected chi connectivity index (χ3v) is 4.49. The fraction of sp³-hybridized carbons (Fsp3) is 0.538. The summed E-state index contributed by atoms with van der Waals surface area (Å²) in [5, 5.41) is 3.79. The van der Waals surface area contributed by atoms with Crippen LogP contribution >= 0.6 is 27.5 Å². The fourth-order valence-corrected chi connectivity index (χ4v) is 2.84. The van der Waals surface area contributed by atoms with Crippen molar-refractivity contribution in [2.24, 2.45) is 0 Å². The van der Waals surface area contributed by atoms with E-state index in [1.807, 2.05) is 19.1 Å². The van der Waals surface area contributed by atoms with Crippen LogP contribution in [0, 0.1) is 0 Å². The highest BCUT2D eigenvalue weighted by Crippen LogP contribution is 2.37. The summed E-state index contributed by atoms with van der Waals surface area (Å²) in [6, 6.07) is 3.85. The zero-order valence-corrected chi connectivity index (χ0v) is 12.7. The van der Waals surface area contributed by atoms with Crippen LogP contribution < -0.4 is 10.2 Å². The molecular formula is C13H17BrClFN2. The molecule has 0 aromatic heterocycles. The zero-order chi connectivity index (χ0) is 13.1. The smallest absolute Gasteiger partial charge is 0.126 e. The van der Waals surface area contributed by atoms with E-state index in [1.54, 1.807) is 0 Å². The lowest BCUT2D eigenvalue weighted by Gasteiger charge is -2.30. The second-order valence-corrected chi connectivity index (χ2v) is 5.68. The molecule has 1 aliphatic heterocycles. The summed E-state index contributed by atoms with van der Waals surface area (Å²) in [7, 11) is 0. The minimum Gasteiger partial charge on any atom is -0.369 e. The van der Waals surface area contributed by atoms with Gasteiger partial charge in [0.15, 0.2) is 0 Å². The monoisotopic (exact) mass is 334 g/mol. The van der Waals surface area contributed by atoms with Gasteiger partial charge < -0.3 is 10.2 Å². The van der Waals surface area contributed by atoms with E-state index in [9.17, 15) is 4.39 Å². The first-order chi connectivity index (χ1) is 8.63. The molecule has 1 N–H and O–H groups in total. The summed E-state index contributed by atoms with van der Waals surface area (Å²) in [5.41, 5.74) is 1.63. The summed E-state index contributed by atoms with van der Waals surface area (Å²) in [6.07, 6.45) is -0.561. The number of rotatable bonds is 3. The van der Waals surface area contributed by atoms with Gasteiger partial charge in [-0.3, -0.25) is 0 Å². The third-order valence-electron chi connectivity index (χ3n) is 3.22. The van der Waals surface area contributed by atoms with Crippen LogP contribution in [0.5, 0.6) is 0 Å². The molecule has 1 unspecified atom stereocenters. The van der Waals surface area contributed by atoms with Crippen LogP contribution in [0.1, 0.15) is 25.1 Å². The van der Waals surface area contributed by atoms with Gasteiger partial charge in [-0.15, -0.1) is 0 Å². The van der Waals surface area contributed by atoms with Crippen molar-refractivity contribution in [2.75, 3.05) is 31.1 Å². The van der Waals surface area contributed by atoms with Crippen LogP contribution in [0.2, 0.25) is 5.02 Å². The molecule has 0 aliphatic carbocycles. The number of nitrogens with zero attached hydrogens (tertiary/aromatic N) is 1. The Morgan fingerprint density at radius 2 is 2.11 bits per heavy atom. The number of hydrogen-bond acceptors (Lipinski definition) is 2. The number of anilines is 1. The van der Waals surface area contributed by atoms with Crippen molar-refractivity contribution in [3.05, 3.63) is 27.2 Å². The molecule has 1 aliphatic rings. The third kappa shape index (κ3) is 2.98. The van der Waals surface area contributed by atoms with Gasteiger partial charge in [-0.05, 0) is 34.5 Å². The molecule has 0 radical (unpaired) electrons. The Hall–Kier alpha value is -0.320. The zero-order valence-electron chi connectivity index (χ0n) is 10.3. The molecule has 1 atom stereocenters. The van der Waals surface area contributed by atoms with Gasteiger partial charge in [0.2, 0.25) is 0 Å². The Morgan fingerprint density at radius 1 is 1.44 bits per heavy atom. The van der Waals surface area contributed by atoms with Crippen molar-refractivity contribution in [1.82, 2.24) is 5.32 Å². The molecule has 100 valence electrons. The molecule has 1 saturated heterocycles. The van der Waals surface area contributed by atoms with Crippen molar-refractivity contribution in [3.63, 3.8) is 0 Å². The maximum Gasteiger partial charge on any atom is 0.126 e. The van der Waals surface area contributed by atoms with E-state index in [0.29, 0.717) is 17.0 Å². The molecule has 2 rings (SSSR count). The van der Waals surface area contributed by atoms with Crippen LogP contribution in [0.3, 0.4) is 0 Å². The first-order valence-corrected chi connectivity index (χ1v) is 7.39. The normalized spacial score (nSPS) is 17.9. The minimum atomic E-state index is -1.00. The largest absolute Gasteiger partial charge is 0.369 e. The fourth-order valence-electron chi connectivity index (χ4n) is 2.15. The van der Waals surface area contributed by atoms with Gasteiger partial charge >= 0.3 is 0 Å². The highest BCUT2D eigenvalue weighted by atomic mass is 79.9. The maximum absolute atomic E-state index is 13.9. The number of halogens is 3. The van der Waals surface area contributed by atoms with Crippen molar-refractivity contribution in [3.8, 4) is 0 Å². The van der Waals surface area contributed by atoms with E-state index < -0.39 is 6.17 Å². The van der Waals surface area contributed by atoms with Gasteiger partial charge in [0.1, 0.15) is 6.17 Å². The van der Waals surface area contributed by atoms with E-state index in [2.05, 4.69) is 26.1 Å². The maximum atomic E-state index is 13.9. The van der Waals surface area contributed by atoms with Crippen molar-refractivity contribution < 1.29 is 4.39 Å². The molecule has 0 amide bonds. The second kappa shape index (κ2) is 6.22. The van der Waals surface area contributed by atoms with E-state index in [0.717, 1.165) is 36.3 Å².